The zero-order valence-corrected chi connectivity index (χ0v) is 7.49. The molecule has 5 heteroatoms. The first-order valence-electron chi connectivity index (χ1n) is 4.02. The van der Waals surface area contributed by atoms with Gasteiger partial charge in [0.05, 0.1) is 11.8 Å². The normalized spacial score (nSPS) is 10.4. The molecule has 0 radical (unpaired) electrons. The third-order valence-electron chi connectivity index (χ3n) is 1.98. The highest BCUT2D eigenvalue weighted by atomic mass is 19.1. The van der Waals surface area contributed by atoms with E-state index in [1.165, 1.54) is 12.3 Å². The van der Waals surface area contributed by atoms with Crippen molar-refractivity contribution in [3.05, 3.63) is 29.8 Å². The summed E-state index contributed by atoms with van der Waals surface area (Å²) in [6.45, 7) is 1.72. The van der Waals surface area contributed by atoms with Gasteiger partial charge in [0, 0.05) is 11.8 Å². The van der Waals surface area contributed by atoms with Crippen LogP contribution in [0.4, 0.5) is 10.2 Å². The molecule has 0 aliphatic heterocycles. The molecule has 0 bridgehead atoms. The van der Waals surface area contributed by atoms with Crippen LogP contribution in [-0.4, -0.2) is 10.1 Å². The number of rotatable bonds is 1. The van der Waals surface area contributed by atoms with E-state index < -0.39 is 5.82 Å². The number of nitrogen functional groups attached to an aromatic ring is 1. The molecule has 72 valence electrons. The zero-order valence-electron chi connectivity index (χ0n) is 7.49. The van der Waals surface area contributed by atoms with Crippen LogP contribution in [0.25, 0.3) is 11.3 Å². The van der Waals surface area contributed by atoms with Gasteiger partial charge in [-0.05, 0) is 13.0 Å². The minimum atomic E-state index is -0.452. The van der Waals surface area contributed by atoms with E-state index in [1.54, 1.807) is 6.92 Å². The molecule has 0 atom stereocenters. The number of hydrogen-bond acceptors (Lipinski definition) is 4. The van der Waals surface area contributed by atoms with Crippen molar-refractivity contribution in [3.63, 3.8) is 0 Å². The summed E-state index contributed by atoms with van der Waals surface area (Å²) in [5, 5.41) is 3.55. The lowest BCUT2D eigenvalue weighted by atomic mass is 10.1. The van der Waals surface area contributed by atoms with Crippen LogP contribution in [0.5, 0.6) is 0 Å². The van der Waals surface area contributed by atoms with E-state index in [9.17, 15) is 4.39 Å². The summed E-state index contributed by atoms with van der Waals surface area (Å²) in [6, 6.07) is 1.52. The van der Waals surface area contributed by atoms with Crippen LogP contribution in [0.2, 0.25) is 0 Å². The van der Waals surface area contributed by atoms with Gasteiger partial charge in [0.2, 0.25) is 0 Å². The standard InChI is InChI=1S/C9H8FN3O/c1-5-8(14-13-9(5)11)6-2-3-12-4-7(6)10/h2-4H,1H3,(H2,11,13). The predicted molar refractivity (Wildman–Crippen MR) is 48.8 cm³/mol. The van der Waals surface area contributed by atoms with Gasteiger partial charge in [-0.25, -0.2) is 4.39 Å². The van der Waals surface area contributed by atoms with Crippen molar-refractivity contribution in [1.29, 1.82) is 0 Å². The summed E-state index contributed by atoms with van der Waals surface area (Å²) in [7, 11) is 0. The average molecular weight is 193 g/mol. The Morgan fingerprint density at radius 3 is 2.86 bits per heavy atom. The number of halogens is 1. The maximum Gasteiger partial charge on any atom is 0.175 e. The highest BCUT2D eigenvalue weighted by Crippen LogP contribution is 2.27. The molecule has 0 saturated heterocycles. The minimum Gasteiger partial charge on any atom is -0.381 e. The molecule has 0 aliphatic rings. The largest absolute Gasteiger partial charge is 0.381 e. The molecule has 2 aromatic heterocycles. The second-order valence-electron chi connectivity index (χ2n) is 2.88. The number of pyridine rings is 1. The molecule has 2 rings (SSSR count). The monoisotopic (exact) mass is 193 g/mol. The van der Waals surface area contributed by atoms with E-state index >= 15 is 0 Å². The Labute approximate surface area is 79.5 Å². The van der Waals surface area contributed by atoms with Crippen LogP contribution in [-0.2, 0) is 0 Å². The van der Waals surface area contributed by atoms with Crippen molar-refractivity contribution in [2.75, 3.05) is 5.73 Å². The van der Waals surface area contributed by atoms with Gasteiger partial charge >= 0.3 is 0 Å². The fourth-order valence-electron chi connectivity index (χ4n) is 1.16. The van der Waals surface area contributed by atoms with Crippen LogP contribution < -0.4 is 5.73 Å². The van der Waals surface area contributed by atoms with Gasteiger partial charge in [-0.3, -0.25) is 4.98 Å². The molecule has 0 unspecified atom stereocenters. The lowest BCUT2D eigenvalue weighted by Crippen LogP contribution is -1.88. The molecule has 2 N–H and O–H groups in total. The number of hydrogen-bond donors (Lipinski definition) is 1. The smallest absolute Gasteiger partial charge is 0.175 e. The molecule has 0 aliphatic carbocycles. The third kappa shape index (κ3) is 1.22. The van der Waals surface area contributed by atoms with Crippen LogP contribution in [0.1, 0.15) is 5.56 Å². The summed E-state index contributed by atoms with van der Waals surface area (Å²) in [4.78, 5) is 3.64. The first kappa shape index (κ1) is 8.68. The van der Waals surface area contributed by atoms with E-state index in [0.29, 0.717) is 16.9 Å². The molecule has 14 heavy (non-hydrogen) atoms. The first-order valence-corrected chi connectivity index (χ1v) is 4.02. The summed E-state index contributed by atoms with van der Waals surface area (Å²) in [5.74, 6) is 0.172. The Kier molecular flexibility index (Phi) is 1.92. The lowest BCUT2D eigenvalue weighted by molar-refractivity contribution is 0.432. The van der Waals surface area contributed by atoms with Crippen LogP contribution in [0.3, 0.4) is 0 Å². The summed E-state index contributed by atoms with van der Waals surface area (Å²) < 4.78 is 18.2. The molecule has 0 fully saturated rings. The first-order chi connectivity index (χ1) is 6.70. The maximum atomic E-state index is 13.3. The summed E-state index contributed by atoms with van der Waals surface area (Å²) >= 11 is 0. The van der Waals surface area contributed by atoms with Gasteiger partial charge in [0.1, 0.15) is 0 Å². The zero-order chi connectivity index (χ0) is 10.1. The molecule has 0 amide bonds. The quantitative estimate of drug-likeness (QED) is 0.749. The predicted octanol–water partition coefficient (Wildman–Crippen LogP) is 1.77. The fourth-order valence-corrected chi connectivity index (χ4v) is 1.16. The number of nitrogens with two attached hydrogens (primary N) is 1. The number of anilines is 1. The Bertz CT molecular complexity index is 467. The average Bonchev–Trinajstić information content (AvgIpc) is 2.49. The highest BCUT2D eigenvalue weighted by molar-refractivity contribution is 5.65. The SMILES string of the molecule is Cc1c(N)noc1-c1ccncc1F. The van der Waals surface area contributed by atoms with E-state index in [1.807, 2.05) is 0 Å². The van der Waals surface area contributed by atoms with Crippen LogP contribution in [0.15, 0.2) is 23.0 Å². The van der Waals surface area contributed by atoms with Gasteiger partial charge in [-0.2, -0.15) is 0 Å². The van der Waals surface area contributed by atoms with Crippen molar-refractivity contribution in [3.8, 4) is 11.3 Å². The van der Waals surface area contributed by atoms with Crippen molar-refractivity contribution in [2.24, 2.45) is 0 Å². The van der Waals surface area contributed by atoms with Gasteiger partial charge in [-0.1, -0.05) is 5.16 Å². The van der Waals surface area contributed by atoms with Crippen LogP contribution >= 0.6 is 0 Å². The Morgan fingerprint density at radius 1 is 1.50 bits per heavy atom. The molecule has 0 saturated carbocycles. The van der Waals surface area contributed by atoms with Gasteiger partial charge in [0.25, 0.3) is 0 Å². The molecule has 0 aromatic carbocycles. The van der Waals surface area contributed by atoms with Crippen molar-refractivity contribution in [2.45, 2.75) is 6.92 Å². The summed E-state index contributed by atoms with van der Waals surface area (Å²) in [5.41, 5.74) is 6.44. The molecule has 2 heterocycles. The Morgan fingerprint density at radius 2 is 2.29 bits per heavy atom. The van der Waals surface area contributed by atoms with Crippen molar-refractivity contribution < 1.29 is 8.91 Å². The van der Waals surface area contributed by atoms with E-state index in [0.717, 1.165) is 6.20 Å². The fraction of sp³-hybridized carbons (Fsp3) is 0.111. The minimum absolute atomic E-state index is 0.274. The molecular weight excluding hydrogens is 185 g/mol. The molecule has 0 spiro atoms. The summed E-state index contributed by atoms with van der Waals surface area (Å²) in [6.07, 6.45) is 2.60. The van der Waals surface area contributed by atoms with E-state index in [2.05, 4.69) is 10.1 Å². The van der Waals surface area contributed by atoms with Gasteiger partial charge in [0.15, 0.2) is 17.4 Å². The van der Waals surface area contributed by atoms with Gasteiger partial charge < -0.3 is 10.3 Å². The topological polar surface area (TPSA) is 64.9 Å². The van der Waals surface area contributed by atoms with E-state index in [4.69, 9.17) is 10.3 Å². The van der Waals surface area contributed by atoms with Crippen LogP contribution in [0, 0.1) is 12.7 Å². The Hall–Kier alpha value is -1.91. The third-order valence-corrected chi connectivity index (χ3v) is 1.98. The lowest BCUT2D eigenvalue weighted by Gasteiger charge is -1.97. The second-order valence-corrected chi connectivity index (χ2v) is 2.88. The number of aromatic nitrogens is 2. The van der Waals surface area contributed by atoms with Crippen molar-refractivity contribution >= 4 is 5.82 Å². The molecule has 2 aromatic rings. The van der Waals surface area contributed by atoms with E-state index in [-0.39, 0.29) is 5.82 Å². The molecular formula is C9H8FN3O. The van der Waals surface area contributed by atoms with Crippen molar-refractivity contribution in [1.82, 2.24) is 10.1 Å². The molecule has 4 nitrogen and oxygen atoms in total. The highest BCUT2D eigenvalue weighted by Gasteiger charge is 2.14. The number of nitrogens with zero attached hydrogens (tertiary/aromatic N) is 2. The second kappa shape index (κ2) is 3.10. The Balaban J connectivity index is 2.60. The van der Waals surface area contributed by atoms with Gasteiger partial charge in [-0.15, -0.1) is 0 Å². The maximum absolute atomic E-state index is 13.3.